The van der Waals surface area contributed by atoms with Crippen molar-refractivity contribution in [3.63, 3.8) is 0 Å². The van der Waals surface area contributed by atoms with Crippen LogP contribution in [0.25, 0.3) is 0 Å². The highest BCUT2D eigenvalue weighted by atomic mass is 16.5. The van der Waals surface area contributed by atoms with Crippen LogP contribution >= 0.6 is 0 Å². The van der Waals surface area contributed by atoms with Crippen molar-refractivity contribution in [1.29, 1.82) is 0 Å². The normalized spacial score (nSPS) is 34.1. The van der Waals surface area contributed by atoms with Crippen LogP contribution in [-0.4, -0.2) is 37.1 Å². The van der Waals surface area contributed by atoms with Crippen molar-refractivity contribution in [3.8, 4) is 0 Å². The van der Waals surface area contributed by atoms with Crippen LogP contribution in [0, 0.1) is 0 Å². The van der Waals surface area contributed by atoms with Gasteiger partial charge in [0.05, 0.1) is 12.2 Å². The second-order valence-corrected chi connectivity index (χ2v) is 3.24. The standard InChI is InChI=1S/C8H16O3/c1-8(4-3-5-11-8)7(9)6-10-2/h7,9H,3-6H2,1-2H3. The molecule has 0 amide bonds. The lowest BCUT2D eigenvalue weighted by Gasteiger charge is -2.28. The lowest BCUT2D eigenvalue weighted by Crippen LogP contribution is -2.41. The summed E-state index contributed by atoms with van der Waals surface area (Å²) in [7, 11) is 1.58. The molecule has 0 aromatic carbocycles. The van der Waals surface area contributed by atoms with E-state index in [1.54, 1.807) is 7.11 Å². The summed E-state index contributed by atoms with van der Waals surface area (Å²) in [5, 5.41) is 9.56. The molecule has 1 aliphatic heterocycles. The summed E-state index contributed by atoms with van der Waals surface area (Å²) in [5.74, 6) is 0. The van der Waals surface area contributed by atoms with Gasteiger partial charge < -0.3 is 14.6 Å². The SMILES string of the molecule is COCC(O)C1(C)CCCO1. The third-order valence-corrected chi connectivity index (χ3v) is 2.28. The molecule has 0 aromatic heterocycles. The smallest absolute Gasteiger partial charge is 0.106 e. The summed E-state index contributed by atoms with van der Waals surface area (Å²) in [6.07, 6.45) is 1.48. The van der Waals surface area contributed by atoms with E-state index in [1.807, 2.05) is 6.92 Å². The number of ether oxygens (including phenoxy) is 2. The molecule has 3 heteroatoms. The highest BCUT2D eigenvalue weighted by Crippen LogP contribution is 2.28. The fourth-order valence-corrected chi connectivity index (χ4v) is 1.40. The van der Waals surface area contributed by atoms with Gasteiger partial charge in [0.2, 0.25) is 0 Å². The average Bonchev–Trinajstić information content (AvgIpc) is 2.38. The topological polar surface area (TPSA) is 38.7 Å². The summed E-state index contributed by atoms with van der Waals surface area (Å²) >= 11 is 0. The summed E-state index contributed by atoms with van der Waals surface area (Å²) in [4.78, 5) is 0. The summed E-state index contributed by atoms with van der Waals surface area (Å²) in [6, 6.07) is 0. The lowest BCUT2D eigenvalue weighted by molar-refractivity contribution is -0.101. The molecule has 0 saturated carbocycles. The Labute approximate surface area is 67.3 Å². The number of aliphatic hydroxyl groups excluding tert-OH is 1. The first-order chi connectivity index (χ1) is 5.19. The van der Waals surface area contributed by atoms with Gasteiger partial charge in [0.15, 0.2) is 0 Å². The largest absolute Gasteiger partial charge is 0.388 e. The van der Waals surface area contributed by atoms with E-state index < -0.39 is 6.10 Å². The molecule has 0 bridgehead atoms. The number of rotatable bonds is 3. The van der Waals surface area contributed by atoms with E-state index in [9.17, 15) is 5.11 Å². The summed E-state index contributed by atoms with van der Waals surface area (Å²) in [6.45, 7) is 3.05. The van der Waals surface area contributed by atoms with E-state index in [-0.39, 0.29) is 5.60 Å². The van der Waals surface area contributed by atoms with Gasteiger partial charge in [-0.05, 0) is 19.8 Å². The van der Waals surface area contributed by atoms with Crippen molar-refractivity contribution in [2.24, 2.45) is 0 Å². The molecule has 11 heavy (non-hydrogen) atoms. The lowest BCUT2D eigenvalue weighted by atomic mass is 9.96. The van der Waals surface area contributed by atoms with Gasteiger partial charge in [0, 0.05) is 13.7 Å². The van der Waals surface area contributed by atoms with Gasteiger partial charge in [-0.25, -0.2) is 0 Å². The third kappa shape index (κ3) is 1.92. The second kappa shape index (κ2) is 3.52. The molecular formula is C8H16O3. The van der Waals surface area contributed by atoms with Gasteiger partial charge in [0.1, 0.15) is 6.10 Å². The van der Waals surface area contributed by atoms with Crippen LogP contribution in [-0.2, 0) is 9.47 Å². The number of aliphatic hydroxyl groups is 1. The van der Waals surface area contributed by atoms with Gasteiger partial charge in [-0.3, -0.25) is 0 Å². The molecule has 1 fully saturated rings. The maximum atomic E-state index is 9.56. The fraction of sp³-hybridized carbons (Fsp3) is 1.00. The summed E-state index contributed by atoms with van der Waals surface area (Å²) < 4.78 is 10.3. The average molecular weight is 160 g/mol. The first-order valence-electron chi connectivity index (χ1n) is 4.00. The van der Waals surface area contributed by atoms with Crippen LogP contribution in [0.3, 0.4) is 0 Å². The molecular weight excluding hydrogens is 144 g/mol. The highest BCUT2D eigenvalue weighted by molar-refractivity contribution is 4.87. The molecule has 1 heterocycles. The van der Waals surface area contributed by atoms with Crippen LogP contribution in [0.2, 0.25) is 0 Å². The zero-order chi connectivity index (χ0) is 8.32. The van der Waals surface area contributed by atoms with Crippen LogP contribution in [0.1, 0.15) is 19.8 Å². The maximum Gasteiger partial charge on any atom is 0.106 e. The van der Waals surface area contributed by atoms with Crippen LogP contribution in [0.5, 0.6) is 0 Å². The molecule has 3 nitrogen and oxygen atoms in total. The van der Waals surface area contributed by atoms with Crippen molar-refractivity contribution in [2.45, 2.75) is 31.5 Å². The molecule has 0 spiro atoms. The first kappa shape index (κ1) is 8.97. The molecule has 1 N–H and O–H groups in total. The first-order valence-corrected chi connectivity index (χ1v) is 4.00. The van der Waals surface area contributed by atoms with Gasteiger partial charge in [-0.1, -0.05) is 0 Å². The Hall–Kier alpha value is -0.120. The molecule has 0 radical (unpaired) electrons. The molecule has 1 rings (SSSR count). The van der Waals surface area contributed by atoms with Crippen molar-refractivity contribution in [2.75, 3.05) is 20.3 Å². The number of hydrogen-bond donors (Lipinski definition) is 1. The molecule has 66 valence electrons. The van der Waals surface area contributed by atoms with Crippen LogP contribution in [0.4, 0.5) is 0 Å². The Bertz CT molecular complexity index is 119. The minimum atomic E-state index is -0.491. The fourth-order valence-electron chi connectivity index (χ4n) is 1.40. The molecule has 0 aliphatic carbocycles. The predicted molar refractivity (Wildman–Crippen MR) is 41.5 cm³/mol. The van der Waals surface area contributed by atoms with E-state index in [2.05, 4.69) is 0 Å². The Kier molecular flexibility index (Phi) is 2.87. The number of hydrogen-bond acceptors (Lipinski definition) is 3. The molecule has 1 aliphatic rings. The minimum Gasteiger partial charge on any atom is -0.388 e. The predicted octanol–water partition coefficient (Wildman–Crippen LogP) is 0.563. The molecule has 1 saturated heterocycles. The Morgan fingerprint density at radius 1 is 1.73 bits per heavy atom. The Balaban J connectivity index is 2.42. The molecule has 2 atom stereocenters. The quantitative estimate of drug-likeness (QED) is 0.655. The molecule has 0 aromatic rings. The highest BCUT2D eigenvalue weighted by Gasteiger charge is 2.37. The second-order valence-electron chi connectivity index (χ2n) is 3.24. The van der Waals surface area contributed by atoms with E-state index in [1.165, 1.54) is 0 Å². The monoisotopic (exact) mass is 160 g/mol. The molecule has 2 unspecified atom stereocenters. The van der Waals surface area contributed by atoms with Crippen molar-refractivity contribution < 1.29 is 14.6 Å². The van der Waals surface area contributed by atoms with E-state index in [0.29, 0.717) is 6.61 Å². The van der Waals surface area contributed by atoms with Crippen molar-refractivity contribution in [3.05, 3.63) is 0 Å². The van der Waals surface area contributed by atoms with Gasteiger partial charge in [-0.15, -0.1) is 0 Å². The zero-order valence-corrected chi connectivity index (χ0v) is 7.17. The zero-order valence-electron chi connectivity index (χ0n) is 7.17. The van der Waals surface area contributed by atoms with Crippen LogP contribution in [0.15, 0.2) is 0 Å². The summed E-state index contributed by atoms with van der Waals surface area (Å²) in [5.41, 5.74) is -0.365. The Morgan fingerprint density at radius 3 is 2.91 bits per heavy atom. The van der Waals surface area contributed by atoms with E-state index in [4.69, 9.17) is 9.47 Å². The van der Waals surface area contributed by atoms with Crippen LogP contribution < -0.4 is 0 Å². The Morgan fingerprint density at radius 2 is 2.45 bits per heavy atom. The van der Waals surface area contributed by atoms with E-state index in [0.717, 1.165) is 19.4 Å². The van der Waals surface area contributed by atoms with Gasteiger partial charge in [0.25, 0.3) is 0 Å². The van der Waals surface area contributed by atoms with Gasteiger partial charge >= 0.3 is 0 Å². The number of methoxy groups -OCH3 is 1. The minimum absolute atomic E-state index is 0.358. The third-order valence-electron chi connectivity index (χ3n) is 2.28. The van der Waals surface area contributed by atoms with Gasteiger partial charge in [-0.2, -0.15) is 0 Å². The van der Waals surface area contributed by atoms with E-state index >= 15 is 0 Å². The van der Waals surface area contributed by atoms with Crippen molar-refractivity contribution in [1.82, 2.24) is 0 Å². The van der Waals surface area contributed by atoms with Crippen molar-refractivity contribution >= 4 is 0 Å². The maximum absolute atomic E-state index is 9.56.